The summed E-state index contributed by atoms with van der Waals surface area (Å²) in [5.74, 6) is -0.820. The number of hydrogen-bond donors (Lipinski definition) is 1. The van der Waals surface area contributed by atoms with Gasteiger partial charge in [0.1, 0.15) is 11.9 Å². The van der Waals surface area contributed by atoms with Crippen LogP contribution in [0.4, 0.5) is 9.18 Å². The number of nitriles is 1. The van der Waals surface area contributed by atoms with Crippen molar-refractivity contribution in [3.63, 3.8) is 0 Å². The number of benzene rings is 2. The highest BCUT2D eigenvalue weighted by molar-refractivity contribution is 6.64. The molecule has 3 heterocycles. The summed E-state index contributed by atoms with van der Waals surface area (Å²) >= 11 is 0. The summed E-state index contributed by atoms with van der Waals surface area (Å²) in [5.41, 5.74) is 0.897. The van der Waals surface area contributed by atoms with Gasteiger partial charge in [0, 0.05) is 18.2 Å². The highest BCUT2D eigenvalue weighted by atomic mass is 19.1. The third-order valence-electron chi connectivity index (χ3n) is 9.35. The van der Waals surface area contributed by atoms with Crippen LogP contribution >= 0.6 is 0 Å². The van der Waals surface area contributed by atoms with Crippen LogP contribution in [0.1, 0.15) is 82.6 Å². The monoisotopic (exact) mass is 561 g/mol. The smallest absolute Gasteiger partial charge is 0.465 e. The zero-order valence-corrected chi connectivity index (χ0v) is 24.3. The Labute approximate surface area is 241 Å². The molecule has 2 bridgehead atoms. The quantitative estimate of drug-likeness (QED) is 0.467. The summed E-state index contributed by atoms with van der Waals surface area (Å²) in [7, 11) is -0.743. The lowest BCUT2D eigenvalue weighted by Gasteiger charge is -2.32. The first kappa shape index (κ1) is 29.1. The Kier molecular flexibility index (Phi) is 7.64. The van der Waals surface area contributed by atoms with E-state index in [2.05, 4.69) is 0 Å². The molecule has 8 nitrogen and oxygen atoms in total. The van der Waals surface area contributed by atoms with Gasteiger partial charge in [0.25, 0.3) is 5.91 Å². The first-order valence-corrected chi connectivity index (χ1v) is 14.4. The Morgan fingerprint density at radius 2 is 1.85 bits per heavy atom. The largest absolute Gasteiger partial charge is 0.495 e. The maximum atomic E-state index is 14.8. The molecule has 3 atom stereocenters. The van der Waals surface area contributed by atoms with Crippen molar-refractivity contribution in [3.05, 3.63) is 53.3 Å². The fourth-order valence-corrected chi connectivity index (χ4v) is 6.38. The van der Waals surface area contributed by atoms with E-state index < -0.39 is 30.2 Å². The van der Waals surface area contributed by atoms with Crippen molar-refractivity contribution in [1.82, 2.24) is 9.80 Å². The molecule has 3 fully saturated rings. The molecule has 0 unspecified atom stereocenters. The number of halogens is 1. The van der Waals surface area contributed by atoms with Gasteiger partial charge in [-0.2, -0.15) is 5.26 Å². The molecule has 3 aliphatic heterocycles. The van der Waals surface area contributed by atoms with Gasteiger partial charge in [0.05, 0.1) is 28.8 Å². The summed E-state index contributed by atoms with van der Waals surface area (Å²) < 4.78 is 27.4. The number of unbranched alkanes of at least 4 members (excludes halogenated alkanes) is 1. The third kappa shape index (κ3) is 5.10. The van der Waals surface area contributed by atoms with Gasteiger partial charge in [-0.1, -0.05) is 25.5 Å². The summed E-state index contributed by atoms with van der Waals surface area (Å²) in [6.45, 7) is 10.3. The normalized spacial score (nSPS) is 24.0. The molecule has 0 radical (unpaired) electrons. The van der Waals surface area contributed by atoms with Crippen molar-refractivity contribution >= 4 is 24.6 Å². The van der Waals surface area contributed by atoms with Crippen molar-refractivity contribution in [1.29, 1.82) is 5.26 Å². The maximum Gasteiger partial charge on any atom is 0.495 e. The van der Waals surface area contributed by atoms with E-state index in [4.69, 9.17) is 9.31 Å². The minimum Gasteiger partial charge on any atom is -0.465 e. The number of rotatable bonds is 7. The fourth-order valence-electron chi connectivity index (χ4n) is 6.38. The lowest BCUT2D eigenvalue weighted by atomic mass is 9.73. The fraction of sp³-hybridized carbons (Fsp3) is 0.516. The van der Waals surface area contributed by atoms with Gasteiger partial charge in [0.15, 0.2) is 0 Å². The van der Waals surface area contributed by atoms with E-state index in [9.17, 15) is 24.3 Å². The van der Waals surface area contributed by atoms with E-state index >= 15 is 0 Å². The number of nitrogens with zero attached hydrogens (tertiary/aromatic N) is 3. The Bertz CT molecular complexity index is 1390. The van der Waals surface area contributed by atoms with Crippen molar-refractivity contribution in [2.75, 3.05) is 6.54 Å². The minimum atomic E-state index is -0.944. The van der Waals surface area contributed by atoms with Crippen LogP contribution in [0.15, 0.2) is 36.4 Å². The van der Waals surface area contributed by atoms with E-state index in [1.807, 2.05) is 45.6 Å². The molecule has 0 spiro atoms. The first-order chi connectivity index (χ1) is 19.4. The first-order valence-electron chi connectivity index (χ1n) is 14.4. The predicted molar refractivity (Wildman–Crippen MR) is 153 cm³/mol. The molecule has 0 aromatic heterocycles. The molecule has 2 amide bonds. The van der Waals surface area contributed by atoms with Crippen LogP contribution < -0.4 is 5.46 Å². The average Bonchev–Trinajstić information content (AvgIpc) is 3.56. The predicted octanol–water partition coefficient (Wildman–Crippen LogP) is 5.19. The molecule has 216 valence electrons. The van der Waals surface area contributed by atoms with Crippen LogP contribution in [-0.4, -0.2) is 69.9 Å². The zero-order chi connectivity index (χ0) is 29.7. The van der Waals surface area contributed by atoms with Crippen molar-refractivity contribution in [3.8, 4) is 17.2 Å². The van der Waals surface area contributed by atoms with Crippen molar-refractivity contribution in [2.45, 2.75) is 96.1 Å². The van der Waals surface area contributed by atoms with Gasteiger partial charge in [-0.25, -0.2) is 9.18 Å². The van der Waals surface area contributed by atoms with Crippen LogP contribution in [0.3, 0.4) is 0 Å². The highest BCUT2D eigenvalue weighted by Gasteiger charge is 2.53. The van der Waals surface area contributed by atoms with Crippen LogP contribution in [0.2, 0.25) is 0 Å². The van der Waals surface area contributed by atoms with Crippen LogP contribution in [0, 0.1) is 17.1 Å². The van der Waals surface area contributed by atoms with E-state index in [0.29, 0.717) is 35.1 Å². The number of carbonyl (C=O) groups is 2. The summed E-state index contributed by atoms with van der Waals surface area (Å²) in [4.78, 5) is 29.5. The Morgan fingerprint density at radius 3 is 2.46 bits per heavy atom. The molecular formula is C31H37BFN3O5. The maximum absolute atomic E-state index is 14.8. The lowest BCUT2D eigenvalue weighted by molar-refractivity contribution is 0.00578. The molecule has 3 aliphatic rings. The number of carboxylic acid groups (broad SMARTS) is 1. The van der Waals surface area contributed by atoms with Gasteiger partial charge in [-0.05, 0) is 94.2 Å². The van der Waals surface area contributed by atoms with Crippen LogP contribution in [-0.2, 0) is 9.31 Å². The zero-order valence-electron chi connectivity index (χ0n) is 24.3. The number of fused-ring (bicyclic) bond motifs is 2. The Balaban J connectivity index is 1.51. The van der Waals surface area contributed by atoms with Gasteiger partial charge in [0.2, 0.25) is 0 Å². The molecule has 5 rings (SSSR count). The molecule has 2 aromatic carbocycles. The second kappa shape index (κ2) is 10.8. The highest BCUT2D eigenvalue weighted by Crippen LogP contribution is 2.42. The van der Waals surface area contributed by atoms with Gasteiger partial charge in [-0.15, -0.1) is 0 Å². The van der Waals surface area contributed by atoms with E-state index in [0.717, 1.165) is 25.7 Å². The summed E-state index contributed by atoms with van der Waals surface area (Å²) in [6, 6.07) is 11.1. The lowest BCUT2D eigenvalue weighted by Crippen LogP contribution is -2.48. The third-order valence-corrected chi connectivity index (χ3v) is 9.35. The Hall–Kier alpha value is -3.42. The number of carbonyl (C=O) groups excluding carboxylic acids is 1. The van der Waals surface area contributed by atoms with Crippen molar-refractivity contribution < 1.29 is 28.4 Å². The topological polar surface area (TPSA) is 103 Å². The molecule has 41 heavy (non-hydrogen) atoms. The van der Waals surface area contributed by atoms with E-state index in [1.54, 1.807) is 24.3 Å². The van der Waals surface area contributed by atoms with E-state index in [1.165, 1.54) is 17.0 Å². The van der Waals surface area contributed by atoms with Crippen LogP contribution in [0.25, 0.3) is 11.1 Å². The summed E-state index contributed by atoms with van der Waals surface area (Å²) in [6.07, 6.45) is 2.96. The molecule has 0 saturated carbocycles. The molecule has 2 aromatic rings. The molecular weight excluding hydrogens is 524 g/mol. The Morgan fingerprint density at radius 1 is 1.15 bits per heavy atom. The molecule has 0 aliphatic carbocycles. The minimum absolute atomic E-state index is 0.0282. The van der Waals surface area contributed by atoms with Crippen molar-refractivity contribution in [2.24, 2.45) is 0 Å². The second-order valence-electron chi connectivity index (χ2n) is 12.3. The van der Waals surface area contributed by atoms with Crippen LogP contribution in [0.5, 0.6) is 0 Å². The van der Waals surface area contributed by atoms with Gasteiger partial charge < -0.3 is 24.2 Å². The molecule has 10 heteroatoms. The van der Waals surface area contributed by atoms with Gasteiger partial charge in [-0.3, -0.25) is 4.79 Å². The van der Waals surface area contributed by atoms with E-state index in [-0.39, 0.29) is 29.6 Å². The second-order valence-corrected chi connectivity index (χ2v) is 12.3. The number of hydrogen-bond acceptors (Lipinski definition) is 5. The number of amides is 2. The molecule has 3 saturated heterocycles. The summed E-state index contributed by atoms with van der Waals surface area (Å²) in [5, 5.41) is 19.1. The SMILES string of the molecule is CCCCN(C(=O)O)[C@H]1C[C@H]2CC[C@@H]1N2C(=O)c1ccc(B2OC(C)(C)C(C)(C)O2)c(-c2ccc(C#N)c(F)c2)c1. The van der Waals surface area contributed by atoms with Gasteiger partial charge >= 0.3 is 13.2 Å². The standard InChI is InChI=1S/C31H37BFN3O5/c1-6-7-14-35(29(38)39)27-17-22-11-13-26(27)36(22)28(37)20-10-12-24(32-40-30(2,3)31(4,5)41-32)23(15-20)19-8-9-21(18-34)25(33)16-19/h8-10,12,15-16,22,26-27H,6-7,11,13-14,17H2,1-5H3,(H,38,39)/t22-,26+,27+/m1/s1. The molecule has 1 N–H and O–H groups in total. The average molecular weight is 561 g/mol.